The zero-order chi connectivity index (χ0) is 17.1. The van der Waals surface area contributed by atoms with Crippen LogP contribution >= 0.6 is 0 Å². The number of benzene rings is 1. The van der Waals surface area contributed by atoms with Gasteiger partial charge in [0.1, 0.15) is 0 Å². The number of nitro groups is 1. The van der Waals surface area contributed by atoms with Gasteiger partial charge in [0.25, 0.3) is 5.69 Å². The van der Waals surface area contributed by atoms with Gasteiger partial charge in [0.15, 0.2) is 11.5 Å². The van der Waals surface area contributed by atoms with Crippen molar-refractivity contribution < 1.29 is 18.8 Å². The highest BCUT2D eigenvalue weighted by Crippen LogP contribution is 2.38. The highest BCUT2D eigenvalue weighted by Gasteiger charge is 2.30. The molecule has 8 heteroatoms. The molecule has 132 valence electrons. The summed E-state index contributed by atoms with van der Waals surface area (Å²) >= 11 is 0. The minimum Gasteiger partial charge on any atom is -0.381 e. The maximum absolute atomic E-state index is 15.2. The molecule has 0 atom stereocenters. The van der Waals surface area contributed by atoms with Crippen LogP contribution < -0.4 is 9.80 Å². The van der Waals surface area contributed by atoms with Crippen molar-refractivity contribution in [2.45, 2.75) is 18.9 Å². The number of hydrogen-bond acceptors (Lipinski definition) is 6. The number of methoxy groups -OCH3 is 1. The maximum Gasteiger partial charge on any atom is 0.295 e. The zero-order valence-electron chi connectivity index (χ0n) is 13.7. The van der Waals surface area contributed by atoms with Crippen molar-refractivity contribution in [3.05, 3.63) is 28.1 Å². The number of ether oxygens (including phenoxy) is 2. The molecular weight excluding hydrogens is 317 g/mol. The van der Waals surface area contributed by atoms with E-state index in [9.17, 15) is 10.1 Å². The lowest BCUT2D eigenvalue weighted by Crippen LogP contribution is -2.39. The second-order valence-electron chi connectivity index (χ2n) is 6.05. The molecule has 0 unspecified atom stereocenters. The van der Waals surface area contributed by atoms with Crippen LogP contribution in [-0.4, -0.2) is 57.5 Å². The summed E-state index contributed by atoms with van der Waals surface area (Å²) < 4.78 is 25.8. The second-order valence-corrected chi connectivity index (χ2v) is 6.05. The first-order chi connectivity index (χ1) is 11.6. The van der Waals surface area contributed by atoms with Crippen molar-refractivity contribution in [1.29, 1.82) is 0 Å². The van der Waals surface area contributed by atoms with Crippen LogP contribution in [-0.2, 0) is 9.47 Å². The van der Waals surface area contributed by atoms with Crippen LogP contribution in [0.5, 0.6) is 0 Å². The number of hydrogen-bond donors (Lipinski definition) is 0. The Morgan fingerprint density at radius 2 is 1.88 bits per heavy atom. The minimum atomic E-state index is -0.519. The van der Waals surface area contributed by atoms with Crippen LogP contribution in [0.3, 0.4) is 0 Å². The topological polar surface area (TPSA) is 68.1 Å². The fraction of sp³-hybridized carbons (Fsp3) is 0.625. The minimum absolute atomic E-state index is 0.0784. The standard InChI is InChI=1S/C16H22FN3O4/c1-23-12-4-6-18(7-5-12)13-2-3-14(20(21)22)16(15(13)17)19-8-10-24-11-9-19/h2-3,12H,4-11H2,1H3. The van der Waals surface area contributed by atoms with Gasteiger partial charge in [-0.25, -0.2) is 4.39 Å². The molecule has 24 heavy (non-hydrogen) atoms. The number of halogens is 1. The summed E-state index contributed by atoms with van der Waals surface area (Å²) in [6.07, 6.45) is 1.83. The van der Waals surface area contributed by atoms with Crippen LogP contribution in [0.2, 0.25) is 0 Å². The van der Waals surface area contributed by atoms with Gasteiger partial charge in [-0.05, 0) is 18.9 Å². The first kappa shape index (κ1) is 16.9. The summed E-state index contributed by atoms with van der Waals surface area (Å²) in [6.45, 7) is 3.14. The molecule has 0 spiro atoms. The Labute approximate surface area is 140 Å². The average Bonchev–Trinajstić information content (AvgIpc) is 2.62. The molecule has 2 aliphatic rings. The Bertz CT molecular complexity index is 599. The predicted molar refractivity (Wildman–Crippen MR) is 88.3 cm³/mol. The monoisotopic (exact) mass is 339 g/mol. The predicted octanol–water partition coefficient (Wildman–Crippen LogP) is 2.19. The van der Waals surface area contributed by atoms with E-state index < -0.39 is 10.7 Å². The lowest BCUT2D eigenvalue weighted by molar-refractivity contribution is -0.384. The summed E-state index contributed by atoms with van der Waals surface area (Å²) in [6, 6.07) is 2.93. The molecule has 0 amide bonds. The first-order valence-corrected chi connectivity index (χ1v) is 8.19. The van der Waals surface area contributed by atoms with Crippen molar-refractivity contribution >= 4 is 17.1 Å². The van der Waals surface area contributed by atoms with Crippen LogP contribution in [0.15, 0.2) is 12.1 Å². The van der Waals surface area contributed by atoms with Crippen LogP contribution in [0.1, 0.15) is 12.8 Å². The Morgan fingerprint density at radius 3 is 2.46 bits per heavy atom. The molecular formula is C16H22FN3O4. The lowest BCUT2D eigenvalue weighted by Gasteiger charge is -2.34. The number of morpholine rings is 1. The molecule has 0 saturated carbocycles. The number of nitrogens with zero attached hydrogens (tertiary/aromatic N) is 3. The first-order valence-electron chi connectivity index (χ1n) is 8.19. The molecule has 3 rings (SSSR count). The molecule has 2 fully saturated rings. The van der Waals surface area contributed by atoms with Gasteiger partial charge in [-0.2, -0.15) is 0 Å². The third-order valence-corrected chi connectivity index (χ3v) is 4.71. The van der Waals surface area contributed by atoms with E-state index in [-0.39, 0.29) is 17.5 Å². The van der Waals surface area contributed by atoms with E-state index in [4.69, 9.17) is 9.47 Å². The Morgan fingerprint density at radius 1 is 1.21 bits per heavy atom. The van der Waals surface area contributed by atoms with Gasteiger partial charge < -0.3 is 19.3 Å². The lowest BCUT2D eigenvalue weighted by atomic mass is 10.1. The van der Waals surface area contributed by atoms with Crippen LogP contribution in [0.4, 0.5) is 21.5 Å². The highest BCUT2D eigenvalue weighted by atomic mass is 19.1. The summed E-state index contributed by atoms with van der Waals surface area (Å²) in [7, 11) is 1.68. The van der Waals surface area contributed by atoms with Crippen molar-refractivity contribution in [3.63, 3.8) is 0 Å². The zero-order valence-corrected chi connectivity index (χ0v) is 13.7. The summed E-state index contributed by atoms with van der Waals surface area (Å²) in [4.78, 5) is 14.5. The molecule has 7 nitrogen and oxygen atoms in total. The second kappa shape index (κ2) is 7.31. The van der Waals surface area contributed by atoms with Crippen molar-refractivity contribution in [3.8, 4) is 0 Å². The van der Waals surface area contributed by atoms with Gasteiger partial charge in [0.2, 0.25) is 0 Å². The largest absolute Gasteiger partial charge is 0.381 e. The Balaban J connectivity index is 1.92. The van der Waals surface area contributed by atoms with E-state index in [1.54, 1.807) is 12.0 Å². The Kier molecular flexibility index (Phi) is 5.15. The molecule has 2 saturated heterocycles. The van der Waals surface area contributed by atoms with Crippen LogP contribution in [0.25, 0.3) is 0 Å². The quantitative estimate of drug-likeness (QED) is 0.619. The maximum atomic E-state index is 15.2. The summed E-state index contributed by atoms with van der Waals surface area (Å²) in [5.41, 5.74) is 0.316. The van der Waals surface area contributed by atoms with Crippen molar-refractivity contribution in [2.75, 3.05) is 56.3 Å². The van der Waals surface area contributed by atoms with E-state index in [1.807, 2.05) is 4.90 Å². The summed E-state index contributed by atoms with van der Waals surface area (Å²) in [5.74, 6) is -0.512. The molecule has 0 aromatic heterocycles. The van der Waals surface area contributed by atoms with E-state index >= 15 is 4.39 Å². The number of piperidine rings is 1. The SMILES string of the molecule is COC1CCN(c2ccc([N+](=O)[O-])c(N3CCOCC3)c2F)CC1. The Hall–Kier alpha value is -1.93. The molecule has 0 aliphatic carbocycles. The fourth-order valence-electron chi connectivity index (χ4n) is 3.36. The van der Waals surface area contributed by atoms with E-state index in [0.717, 1.165) is 12.8 Å². The van der Waals surface area contributed by atoms with Gasteiger partial charge in [0.05, 0.1) is 29.9 Å². The third-order valence-electron chi connectivity index (χ3n) is 4.71. The van der Waals surface area contributed by atoms with Gasteiger partial charge in [-0.15, -0.1) is 0 Å². The van der Waals surface area contributed by atoms with Crippen molar-refractivity contribution in [1.82, 2.24) is 0 Å². The number of anilines is 2. The normalized spacial score (nSPS) is 19.6. The number of rotatable bonds is 4. The van der Waals surface area contributed by atoms with Gasteiger partial charge in [-0.3, -0.25) is 10.1 Å². The van der Waals surface area contributed by atoms with Gasteiger partial charge in [-0.1, -0.05) is 0 Å². The molecule has 2 heterocycles. The molecule has 2 aliphatic heterocycles. The van der Waals surface area contributed by atoms with Gasteiger partial charge >= 0.3 is 0 Å². The highest BCUT2D eigenvalue weighted by molar-refractivity contribution is 5.72. The van der Waals surface area contributed by atoms with Crippen molar-refractivity contribution in [2.24, 2.45) is 0 Å². The van der Waals surface area contributed by atoms with Gasteiger partial charge in [0, 0.05) is 39.4 Å². The average molecular weight is 339 g/mol. The molecule has 0 bridgehead atoms. The number of nitro benzene ring substituents is 1. The molecule has 0 radical (unpaired) electrons. The van der Waals surface area contributed by atoms with E-state index in [2.05, 4.69) is 0 Å². The molecule has 1 aromatic rings. The summed E-state index contributed by atoms with van der Waals surface area (Å²) in [5, 5.41) is 11.3. The molecule has 0 N–H and O–H groups in total. The van der Waals surface area contributed by atoms with E-state index in [1.165, 1.54) is 12.1 Å². The molecule has 1 aromatic carbocycles. The smallest absolute Gasteiger partial charge is 0.295 e. The third kappa shape index (κ3) is 3.29. The van der Waals surface area contributed by atoms with E-state index in [0.29, 0.717) is 45.1 Å². The van der Waals surface area contributed by atoms with Crippen LogP contribution in [0, 0.1) is 15.9 Å². The fourth-order valence-corrected chi connectivity index (χ4v) is 3.36.